The SMILES string of the molecule is O=C1NC(=NCCCN2CCOCC2)S/C1=C/C=C/c1ccccc1. The van der Waals surface area contributed by atoms with Gasteiger partial charge in [-0.3, -0.25) is 14.7 Å². The van der Waals surface area contributed by atoms with Crippen LogP contribution in [-0.2, 0) is 9.53 Å². The Bertz CT molecular complexity index is 665. The van der Waals surface area contributed by atoms with Crippen molar-refractivity contribution in [2.75, 3.05) is 39.4 Å². The van der Waals surface area contributed by atoms with E-state index in [2.05, 4.69) is 15.2 Å². The van der Waals surface area contributed by atoms with Gasteiger partial charge in [0.25, 0.3) is 5.91 Å². The van der Waals surface area contributed by atoms with Crippen molar-refractivity contribution in [3.63, 3.8) is 0 Å². The van der Waals surface area contributed by atoms with Crippen LogP contribution in [0.4, 0.5) is 0 Å². The molecule has 0 aromatic heterocycles. The summed E-state index contributed by atoms with van der Waals surface area (Å²) < 4.78 is 5.34. The van der Waals surface area contributed by atoms with E-state index in [1.165, 1.54) is 11.8 Å². The van der Waals surface area contributed by atoms with Crippen LogP contribution in [0.5, 0.6) is 0 Å². The number of hydrogen-bond donors (Lipinski definition) is 1. The fraction of sp³-hybridized carbons (Fsp3) is 0.368. The molecule has 0 radical (unpaired) electrons. The molecule has 0 atom stereocenters. The van der Waals surface area contributed by atoms with Crippen molar-refractivity contribution in [3.05, 3.63) is 53.0 Å². The number of aliphatic imine (C=N–C) groups is 1. The summed E-state index contributed by atoms with van der Waals surface area (Å²) in [5, 5.41) is 3.53. The minimum atomic E-state index is -0.0744. The summed E-state index contributed by atoms with van der Waals surface area (Å²) in [5.41, 5.74) is 1.11. The number of benzene rings is 1. The normalized spacial score (nSPS) is 22.2. The van der Waals surface area contributed by atoms with Crippen LogP contribution in [-0.4, -0.2) is 55.4 Å². The van der Waals surface area contributed by atoms with E-state index in [9.17, 15) is 4.79 Å². The number of rotatable bonds is 6. The minimum Gasteiger partial charge on any atom is -0.379 e. The van der Waals surface area contributed by atoms with Gasteiger partial charge in [-0.05, 0) is 29.8 Å². The van der Waals surface area contributed by atoms with E-state index in [-0.39, 0.29) is 5.91 Å². The van der Waals surface area contributed by atoms with Crippen molar-refractivity contribution < 1.29 is 9.53 Å². The minimum absolute atomic E-state index is 0.0744. The zero-order chi connectivity index (χ0) is 17.3. The Morgan fingerprint density at radius 3 is 2.84 bits per heavy atom. The summed E-state index contributed by atoms with van der Waals surface area (Å²) in [7, 11) is 0. The Morgan fingerprint density at radius 1 is 1.24 bits per heavy atom. The molecular weight excluding hydrogens is 334 g/mol. The molecule has 3 rings (SSSR count). The fourth-order valence-electron chi connectivity index (χ4n) is 2.63. The Hall–Kier alpha value is -1.89. The quantitative estimate of drug-likeness (QED) is 0.628. The highest BCUT2D eigenvalue weighted by molar-refractivity contribution is 8.18. The van der Waals surface area contributed by atoms with E-state index >= 15 is 0 Å². The molecule has 1 aromatic carbocycles. The van der Waals surface area contributed by atoms with Crippen molar-refractivity contribution in [3.8, 4) is 0 Å². The van der Waals surface area contributed by atoms with E-state index in [1.54, 1.807) is 0 Å². The number of nitrogens with zero attached hydrogens (tertiary/aromatic N) is 2. The highest BCUT2D eigenvalue weighted by Crippen LogP contribution is 2.23. The molecule has 25 heavy (non-hydrogen) atoms. The molecule has 2 saturated heterocycles. The first-order chi connectivity index (χ1) is 12.3. The van der Waals surface area contributed by atoms with Gasteiger partial charge in [-0.25, -0.2) is 0 Å². The number of allylic oxidation sites excluding steroid dienone is 2. The van der Waals surface area contributed by atoms with E-state index in [0.29, 0.717) is 10.1 Å². The van der Waals surface area contributed by atoms with Gasteiger partial charge in [-0.1, -0.05) is 42.5 Å². The second kappa shape index (κ2) is 9.56. The number of carbonyl (C=O) groups is 1. The monoisotopic (exact) mass is 357 g/mol. The highest BCUT2D eigenvalue weighted by Gasteiger charge is 2.22. The number of morpholine rings is 1. The van der Waals surface area contributed by atoms with Gasteiger partial charge in [0.1, 0.15) is 0 Å². The van der Waals surface area contributed by atoms with Gasteiger partial charge < -0.3 is 10.1 Å². The Balaban J connectivity index is 1.44. The lowest BCUT2D eigenvalue weighted by Crippen LogP contribution is -2.37. The third kappa shape index (κ3) is 5.85. The molecule has 2 aliphatic rings. The first-order valence-electron chi connectivity index (χ1n) is 8.58. The highest BCUT2D eigenvalue weighted by atomic mass is 32.2. The van der Waals surface area contributed by atoms with Crippen LogP contribution >= 0.6 is 11.8 Å². The number of nitrogens with one attached hydrogen (secondary N) is 1. The number of hydrogen-bond acceptors (Lipinski definition) is 5. The van der Waals surface area contributed by atoms with Crippen LogP contribution in [0, 0.1) is 0 Å². The average molecular weight is 357 g/mol. The lowest BCUT2D eigenvalue weighted by molar-refractivity contribution is -0.115. The molecule has 2 heterocycles. The average Bonchev–Trinajstić information content (AvgIpc) is 3.00. The van der Waals surface area contributed by atoms with Crippen molar-refractivity contribution in [1.29, 1.82) is 0 Å². The van der Waals surface area contributed by atoms with E-state index in [0.717, 1.165) is 51.4 Å². The van der Waals surface area contributed by atoms with Crippen molar-refractivity contribution in [2.45, 2.75) is 6.42 Å². The molecule has 1 N–H and O–H groups in total. The zero-order valence-electron chi connectivity index (χ0n) is 14.2. The Morgan fingerprint density at radius 2 is 2.04 bits per heavy atom. The number of amidine groups is 1. The first kappa shape index (κ1) is 17.9. The second-order valence-corrected chi connectivity index (χ2v) is 6.88. The third-order valence-electron chi connectivity index (χ3n) is 3.98. The van der Waals surface area contributed by atoms with Crippen LogP contribution in [0.3, 0.4) is 0 Å². The molecule has 0 bridgehead atoms. The molecule has 0 aliphatic carbocycles. The molecule has 0 saturated carbocycles. The van der Waals surface area contributed by atoms with Gasteiger partial charge in [0.05, 0.1) is 18.1 Å². The smallest absolute Gasteiger partial charge is 0.264 e. The largest absolute Gasteiger partial charge is 0.379 e. The molecular formula is C19H23N3O2S. The maximum absolute atomic E-state index is 12.0. The molecule has 6 heteroatoms. The predicted molar refractivity (Wildman–Crippen MR) is 103 cm³/mol. The number of carbonyl (C=O) groups excluding carboxylic acids is 1. The van der Waals surface area contributed by atoms with Crippen molar-refractivity contribution in [2.24, 2.45) is 4.99 Å². The second-order valence-electron chi connectivity index (χ2n) is 5.85. The number of thioether (sulfide) groups is 1. The van der Waals surface area contributed by atoms with Crippen LogP contribution < -0.4 is 5.32 Å². The zero-order valence-corrected chi connectivity index (χ0v) is 15.0. The summed E-state index contributed by atoms with van der Waals surface area (Å²) >= 11 is 1.41. The lowest BCUT2D eigenvalue weighted by atomic mass is 10.2. The standard InChI is InChI=1S/C19H23N3O2S/c23-18-17(9-4-8-16-6-2-1-3-7-16)25-19(21-18)20-10-5-11-22-12-14-24-15-13-22/h1-4,6-9H,5,10-15H2,(H,20,21,23)/b8-4+,17-9+. The van der Waals surface area contributed by atoms with Gasteiger partial charge in [0.15, 0.2) is 5.17 Å². The van der Waals surface area contributed by atoms with Gasteiger partial charge >= 0.3 is 0 Å². The number of ether oxygens (including phenoxy) is 1. The molecule has 0 unspecified atom stereocenters. The van der Waals surface area contributed by atoms with Gasteiger partial charge in [0, 0.05) is 26.2 Å². The molecule has 1 amide bonds. The van der Waals surface area contributed by atoms with Crippen LogP contribution in [0.25, 0.3) is 6.08 Å². The summed E-state index contributed by atoms with van der Waals surface area (Å²) in [6, 6.07) is 10.0. The molecule has 2 fully saturated rings. The predicted octanol–water partition coefficient (Wildman–Crippen LogP) is 2.53. The Kier molecular flexibility index (Phi) is 6.85. The van der Waals surface area contributed by atoms with E-state index < -0.39 is 0 Å². The first-order valence-corrected chi connectivity index (χ1v) is 9.40. The number of amides is 1. The molecule has 2 aliphatic heterocycles. The van der Waals surface area contributed by atoms with Crippen molar-refractivity contribution in [1.82, 2.24) is 10.2 Å². The topological polar surface area (TPSA) is 53.9 Å². The van der Waals surface area contributed by atoms with Crippen molar-refractivity contribution >= 4 is 28.9 Å². The maximum Gasteiger partial charge on any atom is 0.264 e. The fourth-order valence-corrected chi connectivity index (χ4v) is 3.42. The summed E-state index contributed by atoms with van der Waals surface area (Å²) in [5.74, 6) is -0.0744. The third-order valence-corrected chi connectivity index (χ3v) is 4.94. The molecule has 0 spiro atoms. The summed E-state index contributed by atoms with van der Waals surface area (Å²) in [4.78, 5) is 19.5. The van der Waals surface area contributed by atoms with Crippen LogP contribution in [0.2, 0.25) is 0 Å². The molecule has 132 valence electrons. The lowest BCUT2D eigenvalue weighted by Gasteiger charge is -2.26. The summed E-state index contributed by atoms with van der Waals surface area (Å²) in [6.45, 7) is 5.41. The Labute approximate surface area is 152 Å². The van der Waals surface area contributed by atoms with E-state index in [4.69, 9.17) is 4.74 Å². The van der Waals surface area contributed by atoms with Crippen LogP contribution in [0.1, 0.15) is 12.0 Å². The molecule has 5 nitrogen and oxygen atoms in total. The summed E-state index contributed by atoms with van der Waals surface area (Å²) in [6.07, 6.45) is 6.72. The van der Waals surface area contributed by atoms with Crippen LogP contribution in [0.15, 0.2) is 52.4 Å². The maximum atomic E-state index is 12.0. The van der Waals surface area contributed by atoms with Gasteiger partial charge in [-0.2, -0.15) is 0 Å². The molecule has 1 aromatic rings. The van der Waals surface area contributed by atoms with Gasteiger partial charge in [-0.15, -0.1) is 0 Å². The van der Waals surface area contributed by atoms with Gasteiger partial charge in [0.2, 0.25) is 0 Å². The van der Waals surface area contributed by atoms with E-state index in [1.807, 2.05) is 48.6 Å².